The summed E-state index contributed by atoms with van der Waals surface area (Å²) in [7, 11) is 0. The van der Waals surface area contributed by atoms with E-state index < -0.39 is 0 Å². The first-order chi connectivity index (χ1) is 13.1. The molecule has 2 saturated heterocycles. The van der Waals surface area contributed by atoms with E-state index in [4.69, 9.17) is 4.74 Å². The van der Waals surface area contributed by atoms with Crippen LogP contribution in [0.5, 0.6) is 0 Å². The second kappa shape index (κ2) is 7.79. The summed E-state index contributed by atoms with van der Waals surface area (Å²) < 4.78 is 6.04. The largest absolute Gasteiger partial charge is 0.376 e. The van der Waals surface area contributed by atoms with Crippen LogP contribution in [0.15, 0.2) is 42.7 Å². The zero-order valence-corrected chi connectivity index (χ0v) is 16.0. The molecular formula is C22H27N3O2. The summed E-state index contributed by atoms with van der Waals surface area (Å²) in [5.41, 5.74) is 4.66. The van der Waals surface area contributed by atoms with Crippen LogP contribution in [0.25, 0.3) is 0 Å². The van der Waals surface area contributed by atoms with Crippen LogP contribution in [0, 0.1) is 25.7 Å². The fourth-order valence-corrected chi connectivity index (χ4v) is 4.47. The Morgan fingerprint density at radius 1 is 1.19 bits per heavy atom. The third-order valence-electron chi connectivity index (χ3n) is 5.67. The number of likely N-dealkylation sites (tertiary alicyclic amines) is 1. The molecule has 4 rings (SSSR count). The van der Waals surface area contributed by atoms with E-state index in [0.29, 0.717) is 30.0 Å². The molecule has 3 atom stereocenters. The molecule has 1 N–H and O–H groups in total. The number of nitrogens with zero attached hydrogens (tertiary/aromatic N) is 2. The first-order valence-electron chi connectivity index (χ1n) is 9.68. The lowest BCUT2D eigenvalue weighted by atomic mass is 9.93. The van der Waals surface area contributed by atoms with Gasteiger partial charge in [0.1, 0.15) is 0 Å². The molecule has 2 aliphatic rings. The van der Waals surface area contributed by atoms with Gasteiger partial charge in [-0.15, -0.1) is 0 Å². The normalized spacial score (nSPS) is 24.7. The number of ether oxygens (including phenoxy) is 1. The maximum atomic E-state index is 12.3. The predicted octanol–water partition coefficient (Wildman–Crippen LogP) is 2.58. The summed E-state index contributed by atoms with van der Waals surface area (Å²) in [5.74, 6) is 0.838. The van der Waals surface area contributed by atoms with Gasteiger partial charge in [0.15, 0.2) is 0 Å². The van der Waals surface area contributed by atoms with E-state index in [1.807, 2.05) is 0 Å². The molecule has 5 nitrogen and oxygen atoms in total. The molecule has 0 spiro atoms. The van der Waals surface area contributed by atoms with Gasteiger partial charge in [-0.3, -0.25) is 14.7 Å². The second-order valence-electron chi connectivity index (χ2n) is 7.93. The van der Waals surface area contributed by atoms with E-state index in [9.17, 15) is 4.79 Å². The average Bonchev–Trinajstić information content (AvgIpc) is 3.20. The maximum Gasteiger partial charge on any atom is 0.251 e. The molecule has 2 fully saturated rings. The summed E-state index contributed by atoms with van der Waals surface area (Å²) in [6.45, 7) is 8.69. The lowest BCUT2D eigenvalue weighted by molar-refractivity contribution is 0.0903. The van der Waals surface area contributed by atoms with Crippen LogP contribution in [-0.2, 0) is 11.3 Å². The molecule has 3 heterocycles. The third-order valence-corrected chi connectivity index (χ3v) is 5.67. The third kappa shape index (κ3) is 4.20. The highest BCUT2D eigenvalue weighted by Crippen LogP contribution is 2.34. The van der Waals surface area contributed by atoms with Gasteiger partial charge in [0.05, 0.1) is 12.7 Å². The number of benzene rings is 1. The summed E-state index contributed by atoms with van der Waals surface area (Å²) in [6, 6.07) is 10.2. The van der Waals surface area contributed by atoms with Crippen LogP contribution in [0.2, 0.25) is 0 Å². The summed E-state index contributed by atoms with van der Waals surface area (Å²) in [4.78, 5) is 18.7. The smallest absolute Gasteiger partial charge is 0.251 e. The molecule has 27 heavy (non-hydrogen) atoms. The van der Waals surface area contributed by atoms with Gasteiger partial charge in [-0.05, 0) is 31.5 Å². The standard InChI is InChI=1S/C22H27N3O2/c1-15-7-16(2)9-17(8-15)11-25-12-20-19(14-27-21(20)13-25)10-24-22(26)18-3-5-23-6-4-18/h3-9,19-21H,10-14H2,1-2H3,(H,24,26)/t19-,20+,21+/m1/s1. The van der Waals surface area contributed by atoms with Gasteiger partial charge < -0.3 is 10.1 Å². The van der Waals surface area contributed by atoms with Gasteiger partial charge in [0.25, 0.3) is 5.91 Å². The van der Waals surface area contributed by atoms with Crippen molar-refractivity contribution in [3.63, 3.8) is 0 Å². The first-order valence-corrected chi connectivity index (χ1v) is 9.68. The monoisotopic (exact) mass is 365 g/mol. The fraction of sp³-hybridized carbons (Fsp3) is 0.455. The quantitative estimate of drug-likeness (QED) is 0.885. The number of carbonyl (C=O) groups is 1. The van der Waals surface area contributed by atoms with Crippen molar-refractivity contribution in [1.29, 1.82) is 0 Å². The number of hydrogen-bond donors (Lipinski definition) is 1. The molecule has 0 aliphatic carbocycles. The predicted molar refractivity (Wildman–Crippen MR) is 104 cm³/mol. The van der Waals surface area contributed by atoms with Crippen LogP contribution in [0.1, 0.15) is 27.0 Å². The average molecular weight is 365 g/mol. The summed E-state index contributed by atoms with van der Waals surface area (Å²) in [6.07, 6.45) is 3.58. The Labute approximate surface area is 160 Å². The number of aromatic nitrogens is 1. The molecule has 1 amide bonds. The maximum absolute atomic E-state index is 12.3. The van der Waals surface area contributed by atoms with Crippen molar-refractivity contribution in [1.82, 2.24) is 15.2 Å². The number of rotatable bonds is 5. The fourth-order valence-electron chi connectivity index (χ4n) is 4.47. The van der Waals surface area contributed by atoms with Crippen molar-refractivity contribution >= 4 is 5.91 Å². The minimum Gasteiger partial charge on any atom is -0.376 e. The zero-order chi connectivity index (χ0) is 18.8. The van der Waals surface area contributed by atoms with Crippen molar-refractivity contribution in [3.8, 4) is 0 Å². The highest BCUT2D eigenvalue weighted by Gasteiger charge is 2.43. The Hall–Kier alpha value is -2.24. The molecule has 2 aliphatic heterocycles. The summed E-state index contributed by atoms with van der Waals surface area (Å²) in [5, 5.41) is 3.07. The van der Waals surface area contributed by atoms with E-state index in [0.717, 1.165) is 26.2 Å². The van der Waals surface area contributed by atoms with Crippen LogP contribution in [-0.4, -0.2) is 48.1 Å². The Kier molecular flexibility index (Phi) is 5.23. The lowest BCUT2D eigenvalue weighted by Crippen LogP contribution is -2.34. The molecular weight excluding hydrogens is 338 g/mol. The van der Waals surface area contributed by atoms with Crippen LogP contribution in [0.3, 0.4) is 0 Å². The van der Waals surface area contributed by atoms with E-state index in [1.165, 1.54) is 16.7 Å². The topological polar surface area (TPSA) is 54.5 Å². The SMILES string of the molecule is Cc1cc(C)cc(CN2C[C@H]3[C@H](CNC(=O)c4ccncc4)CO[C@H]3C2)c1. The van der Waals surface area contributed by atoms with E-state index >= 15 is 0 Å². The van der Waals surface area contributed by atoms with Gasteiger partial charge in [-0.2, -0.15) is 0 Å². The van der Waals surface area contributed by atoms with Crippen molar-refractivity contribution in [2.75, 3.05) is 26.2 Å². The van der Waals surface area contributed by atoms with Gasteiger partial charge in [-0.1, -0.05) is 29.3 Å². The van der Waals surface area contributed by atoms with Crippen LogP contribution < -0.4 is 5.32 Å². The van der Waals surface area contributed by atoms with Gasteiger partial charge in [0.2, 0.25) is 0 Å². The second-order valence-corrected chi connectivity index (χ2v) is 7.93. The number of aryl methyl sites for hydroxylation is 2. The molecule has 0 unspecified atom stereocenters. The number of pyridine rings is 1. The number of amides is 1. The van der Waals surface area contributed by atoms with E-state index in [-0.39, 0.29) is 5.91 Å². The van der Waals surface area contributed by atoms with E-state index in [2.05, 4.69) is 47.2 Å². The van der Waals surface area contributed by atoms with Crippen LogP contribution >= 0.6 is 0 Å². The minimum atomic E-state index is -0.0362. The molecule has 1 aromatic carbocycles. The highest BCUT2D eigenvalue weighted by molar-refractivity contribution is 5.93. The first kappa shape index (κ1) is 18.1. The number of carbonyl (C=O) groups excluding carboxylic acids is 1. The molecule has 142 valence electrons. The van der Waals surface area contributed by atoms with Crippen LogP contribution in [0.4, 0.5) is 0 Å². The summed E-state index contributed by atoms with van der Waals surface area (Å²) >= 11 is 0. The van der Waals surface area contributed by atoms with Crippen molar-refractivity contribution in [2.24, 2.45) is 11.8 Å². The Balaban J connectivity index is 1.32. The Morgan fingerprint density at radius 2 is 1.93 bits per heavy atom. The molecule has 0 bridgehead atoms. The zero-order valence-electron chi connectivity index (χ0n) is 16.0. The minimum absolute atomic E-state index is 0.0362. The van der Waals surface area contributed by atoms with Gasteiger partial charge >= 0.3 is 0 Å². The molecule has 0 saturated carbocycles. The highest BCUT2D eigenvalue weighted by atomic mass is 16.5. The van der Waals surface area contributed by atoms with E-state index in [1.54, 1.807) is 24.5 Å². The number of fused-ring (bicyclic) bond motifs is 1. The molecule has 0 radical (unpaired) electrons. The number of hydrogen-bond acceptors (Lipinski definition) is 4. The molecule has 1 aromatic heterocycles. The van der Waals surface area contributed by atoms with Crippen molar-refractivity contribution in [2.45, 2.75) is 26.5 Å². The van der Waals surface area contributed by atoms with Crippen molar-refractivity contribution in [3.05, 3.63) is 65.0 Å². The number of nitrogens with one attached hydrogen (secondary N) is 1. The van der Waals surface area contributed by atoms with Gasteiger partial charge in [0, 0.05) is 56.0 Å². The molecule has 2 aromatic rings. The lowest BCUT2D eigenvalue weighted by Gasteiger charge is -2.20. The molecule has 5 heteroatoms. The Bertz CT molecular complexity index is 788. The van der Waals surface area contributed by atoms with Crippen molar-refractivity contribution < 1.29 is 9.53 Å². The Morgan fingerprint density at radius 3 is 2.67 bits per heavy atom. The van der Waals surface area contributed by atoms with Gasteiger partial charge in [-0.25, -0.2) is 0 Å².